The number of amides is 1. The second-order valence-electron chi connectivity index (χ2n) is 6.80. The first-order chi connectivity index (χ1) is 13.0. The van der Waals surface area contributed by atoms with E-state index in [1.165, 1.54) is 5.56 Å². The normalized spacial score (nSPS) is 12.3. The van der Waals surface area contributed by atoms with Gasteiger partial charge in [-0.15, -0.1) is 0 Å². The van der Waals surface area contributed by atoms with Gasteiger partial charge in [-0.25, -0.2) is 0 Å². The lowest BCUT2D eigenvalue weighted by Gasteiger charge is -2.19. The predicted molar refractivity (Wildman–Crippen MR) is 109 cm³/mol. The molecule has 0 spiro atoms. The molecule has 1 N–H and O–H groups in total. The molecular weight excluding hydrogens is 334 g/mol. The Bertz CT molecular complexity index is 953. The van der Waals surface area contributed by atoms with Gasteiger partial charge < -0.3 is 5.32 Å². The maximum atomic E-state index is 12.6. The highest BCUT2D eigenvalue weighted by molar-refractivity contribution is 5.92. The minimum atomic E-state index is -0.194. The molecule has 4 nitrogen and oxygen atoms in total. The first kappa shape index (κ1) is 18.6. The van der Waals surface area contributed by atoms with E-state index in [-0.39, 0.29) is 11.9 Å². The summed E-state index contributed by atoms with van der Waals surface area (Å²) in [7, 11) is 1.91. The summed E-state index contributed by atoms with van der Waals surface area (Å²) in [4.78, 5) is 12.6. The SMILES string of the molecule is Cc1ccc(C(NC(=O)/C=C/c2c(C)nn(C)c2C)c2ccccc2)cc1. The van der Waals surface area contributed by atoms with Crippen molar-refractivity contribution in [2.45, 2.75) is 26.8 Å². The third-order valence-electron chi connectivity index (χ3n) is 4.80. The van der Waals surface area contributed by atoms with Gasteiger partial charge in [0.1, 0.15) is 0 Å². The molecule has 0 radical (unpaired) electrons. The summed E-state index contributed by atoms with van der Waals surface area (Å²) >= 11 is 0. The second-order valence-corrected chi connectivity index (χ2v) is 6.80. The van der Waals surface area contributed by atoms with Gasteiger partial charge in [-0.2, -0.15) is 5.10 Å². The molecule has 0 aliphatic rings. The molecule has 1 amide bonds. The van der Waals surface area contributed by atoms with Crippen molar-refractivity contribution < 1.29 is 4.79 Å². The van der Waals surface area contributed by atoms with Gasteiger partial charge in [0.2, 0.25) is 5.91 Å². The standard InChI is InChI=1S/C23H25N3O/c1-16-10-12-20(13-11-16)23(19-8-6-5-7-9-19)24-22(27)15-14-21-17(2)25-26(4)18(21)3/h5-15,23H,1-4H3,(H,24,27)/b15-14+. The highest BCUT2D eigenvalue weighted by atomic mass is 16.1. The smallest absolute Gasteiger partial charge is 0.244 e. The molecule has 1 heterocycles. The average molecular weight is 359 g/mol. The molecule has 4 heteroatoms. The molecule has 3 aromatic rings. The van der Waals surface area contributed by atoms with Crippen LogP contribution in [0.4, 0.5) is 0 Å². The maximum absolute atomic E-state index is 12.6. The van der Waals surface area contributed by atoms with Crippen LogP contribution in [0.1, 0.15) is 39.7 Å². The Balaban J connectivity index is 1.84. The van der Waals surface area contributed by atoms with Crippen molar-refractivity contribution in [2.24, 2.45) is 7.05 Å². The van der Waals surface area contributed by atoms with E-state index in [2.05, 4.69) is 41.6 Å². The zero-order valence-corrected chi connectivity index (χ0v) is 16.2. The number of hydrogen-bond acceptors (Lipinski definition) is 2. The summed E-state index contributed by atoms with van der Waals surface area (Å²) < 4.78 is 1.83. The molecule has 2 aromatic carbocycles. The third kappa shape index (κ3) is 4.34. The lowest BCUT2D eigenvalue weighted by molar-refractivity contribution is -0.116. The van der Waals surface area contributed by atoms with Gasteiger partial charge in [0.15, 0.2) is 0 Å². The molecular formula is C23H25N3O. The zero-order chi connectivity index (χ0) is 19.4. The number of benzene rings is 2. The van der Waals surface area contributed by atoms with Crippen LogP contribution < -0.4 is 5.32 Å². The van der Waals surface area contributed by atoms with E-state index >= 15 is 0 Å². The number of carbonyl (C=O) groups is 1. The molecule has 138 valence electrons. The summed E-state index contributed by atoms with van der Waals surface area (Å²) in [5, 5.41) is 7.52. The Morgan fingerprint density at radius 1 is 1.00 bits per heavy atom. The Morgan fingerprint density at radius 3 is 2.22 bits per heavy atom. The first-order valence-corrected chi connectivity index (χ1v) is 9.06. The number of nitrogens with one attached hydrogen (secondary N) is 1. The molecule has 0 saturated carbocycles. The molecule has 0 aliphatic carbocycles. The van der Waals surface area contributed by atoms with Gasteiger partial charge in [-0.1, -0.05) is 60.2 Å². The molecule has 0 aliphatic heterocycles. The minimum absolute atomic E-state index is 0.132. The van der Waals surface area contributed by atoms with Crippen molar-refractivity contribution in [1.82, 2.24) is 15.1 Å². The summed E-state index contributed by atoms with van der Waals surface area (Å²) in [6.07, 6.45) is 3.42. The van der Waals surface area contributed by atoms with Gasteiger partial charge >= 0.3 is 0 Å². The van der Waals surface area contributed by atoms with Crippen LogP contribution in [0.15, 0.2) is 60.7 Å². The van der Waals surface area contributed by atoms with Crippen LogP contribution in [0.2, 0.25) is 0 Å². The second kappa shape index (κ2) is 8.04. The summed E-state index contributed by atoms with van der Waals surface area (Å²) in [5.74, 6) is -0.132. The fourth-order valence-corrected chi connectivity index (χ4v) is 3.14. The Kier molecular flexibility index (Phi) is 5.55. The third-order valence-corrected chi connectivity index (χ3v) is 4.80. The zero-order valence-electron chi connectivity index (χ0n) is 16.2. The molecule has 1 unspecified atom stereocenters. The predicted octanol–water partition coefficient (Wildman–Crippen LogP) is 4.26. The van der Waals surface area contributed by atoms with Crippen molar-refractivity contribution in [3.63, 3.8) is 0 Å². The van der Waals surface area contributed by atoms with Crippen molar-refractivity contribution >= 4 is 12.0 Å². The average Bonchev–Trinajstić information content (AvgIpc) is 2.91. The van der Waals surface area contributed by atoms with Crippen molar-refractivity contribution in [2.75, 3.05) is 0 Å². The van der Waals surface area contributed by atoms with Crippen LogP contribution >= 0.6 is 0 Å². The van der Waals surface area contributed by atoms with E-state index in [0.717, 1.165) is 28.1 Å². The molecule has 1 aromatic heterocycles. The van der Waals surface area contributed by atoms with Gasteiger partial charge in [0, 0.05) is 24.4 Å². The molecule has 27 heavy (non-hydrogen) atoms. The molecule has 3 rings (SSSR count). The first-order valence-electron chi connectivity index (χ1n) is 9.06. The Labute approximate surface area is 160 Å². The highest BCUT2D eigenvalue weighted by Gasteiger charge is 2.16. The van der Waals surface area contributed by atoms with Crippen LogP contribution in [-0.4, -0.2) is 15.7 Å². The maximum Gasteiger partial charge on any atom is 0.244 e. The van der Waals surface area contributed by atoms with Gasteiger partial charge in [-0.05, 0) is 38.0 Å². The van der Waals surface area contributed by atoms with E-state index < -0.39 is 0 Å². The van der Waals surface area contributed by atoms with Gasteiger partial charge in [-0.3, -0.25) is 9.48 Å². The summed E-state index contributed by atoms with van der Waals surface area (Å²) in [5.41, 5.74) is 6.24. The number of aromatic nitrogens is 2. The monoisotopic (exact) mass is 359 g/mol. The van der Waals surface area contributed by atoms with E-state index in [4.69, 9.17) is 0 Å². The molecule has 0 bridgehead atoms. The lowest BCUT2D eigenvalue weighted by atomic mass is 9.98. The quantitative estimate of drug-likeness (QED) is 0.692. The summed E-state index contributed by atoms with van der Waals surface area (Å²) in [6.45, 7) is 6.00. The van der Waals surface area contributed by atoms with Crippen LogP contribution in [0.5, 0.6) is 0 Å². The van der Waals surface area contributed by atoms with Crippen molar-refractivity contribution in [1.29, 1.82) is 0 Å². The van der Waals surface area contributed by atoms with E-state index in [9.17, 15) is 4.79 Å². The molecule has 0 fully saturated rings. The highest BCUT2D eigenvalue weighted by Crippen LogP contribution is 2.22. The van der Waals surface area contributed by atoms with E-state index in [0.29, 0.717) is 0 Å². The Hall–Kier alpha value is -3.14. The minimum Gasteiger partial charge on any atom is -0.342 e. The van der Waals surface area contributed by atoms with Crippen molar-refractivity contribution in [3.05, 3.63) is 94.3 Å². The topological polar surface area (TPSA) is 46.9 Å². The van der Waals surface area contributed by atoms with E-state index in [1.54, 1.807) is 6.08 Å². The number of carbonyl (C=O) groups excluding carboxylic acids is 1. The number of aryl methyl sites for hydroxylation is 3. The summed E-state index contributed by atoms with van der Waals surface area (Å²) in [6, 6.07) is 18.1. The number of hydrogen-bond donors (Lipinski definition) is 1. The van der Waals surface area contributed by atoms with Crippen LogP contribution in [0, 0.1) is 20.8 Å². The van der Waals surface area contributed by atoms with Crippen LogP contribution in [-0.2, 0) is 11.8 Å². The number of rotatable bonds is 5. The fourth-order valence-electron chi connectivity index (χ4n) is 3.14. The molecule has 1 atom stereocenters. The lowest BCUT2D eigenvalue weighted by Crippen LogP contribution is -2.27. The molecule has 0 saturated heterocycles. The van der Waals surface area contributed by atoms with Gasteiger partial charge in [0.25, 0.3) is 0 Å². The number of nitrogens with zero attached hydrogens (tertiary/aromatic N) is 2. The van der Waals surface area contributed by atoms with Crippen LogP contribution in [0.25, 0.3) is 6.08 Å². The van der Waals surface area contributed by atoms with E-state index in [1.807, 2.05) is 62.0 Å². The Morgan fingerprint density at radius 2 is 1.63 bits per heavy atom. The fraction of sp³-hybridized carbons (Fsp3) is 0.217. The van der Waals surface area contributed by atoms with Gasteiger partial charge in [0.05, 0.1) is 11.7 Å². The van der Waals surface area contributed by atoms with Crippen molar-refractivity contribution in [3.8, 4) is 0 Å². The largest absolute Gasteiger partial charge is 0.342 e. The van der Waals surface area contributed by atoms with Crippen LogP contribution in [0.3, 0.4) is 0 Å².